The van der Waals surface area contributed by atoms with Crippen LogP contribution < -0.4 is 5.32 Å². The first-order valence-corrected chi connectivity index (χ1v) is 7.85. The van der Waals surface area contributed by atoms with Crippen LogP contribution >= 0.6 is 23.4 Å². The first kappa shape index (κ1) is 16.8. The van der Waals surface area contributed by atoms with E-state index in [0.717, 1.165) is 0 Å². The van der Waals surface area contributed by atoms with Crippen molar-refractivity contribution < 1.29 is 9.18 Å². The molecule has 0 aliphatic heterocycles. The van der Waals surface area contributed by atoms with Gasteiger partial charge in [-0.3, -0.25) is 4.79 Å². The summed E-state index contributed by atoms with van der Waals surface area (Å²) in [4.78, 5) is 16.5. The van der Waals surface area contributed by atoms with E-state index >= 15 is 0 Å². The molecule has 0 fully saturated rings. The molecule has 1 heterocycles. The van der Waals surface area contributed by atoms with Gasteiger partial charge in [0.1, 0.15) is 11.0 Å². The van der Waals surface area contributed by atoms with Gasteiger partial charge in [-0.2, -0.15) is 0 Å². The van der Waals surface area contributed by atoms with Gasteiger partial charge in [0, 0.05) is 15.2 Å². The standard InChI is InChI=1S/C16H16ClFN2OS/c1-16(2,3)22-13-6-4-10(8-12(13)18)15(21)20-11-5-7-14(17)19-9-11/h4-9H,1-3H3,(H,20,21). The van der Waals surface area contributed by atoms with E-state index < -0.39 is 11.7 Å². The zero-order chi connectivity index (χ0) is 16.3. The fraction of sp³-hybridized carbons (Fsp3) is 0.250. The van der Waals surface area contributed by atoms with Crippen LogP contribution in [-0.4, -0.2) is 15.6 Å². The molecule has 6 heteroatoms. The minimum absolute atomic E-state index is 0.0976. The van der Waals surface area contributed by atoms with Crippen LogP contribution in [0.2, 0.25) is 5.15 Å². The van der Waals surface area contributed by atoms with Crippen molar-refractivity contribution in [1.82, 2.24) is 4.98 Å². The molecular formula is C16H16ClFN2OS. The molecular weight excluding hydrogens is 323 g/mol. The number of aromatic nitrogens is 1. The van der Waals surface area contributed by atoms with E-state index in [4.69, 9.17) is 11.6 Å². The van der Waals surface area contributed by atoms with E-state index in [1.54, 1.807) is 24.3 Å². The summed E-state index contributed by atoms with van der Waals surface area (Å²) < 4.78 is 14.0. The molecule has 1 aromatic heterocycles. The van der Waals surface area contributed by atoms with Crippen LogP contribution in [0.3, 0.4) is 0 Å². The Labute approximate surface area is 138 Å². The van der Waals surface area contributed by atoms with Gasteiger partial charge in [0.05, 0.1) is 11.9 Å². The molecule has 2 aromatic rings. The summed E-state index contributed by atoms with van der Waals surface area (Å²) in [6.07, 6.45) is 1.44. The topological polar surface area (TPSA) is 42.0 Å². The number of pyridine rings is 1. The molecule has 1 aromatic carbocycles. The molecule has 22 heavy (non-hydrogen) atoms. The molecule has 0 atom stereocenters. The van der Waals surface area contributed by atoms with Crippen LogP contribution in [0.25, 0.3) is 0 Å². The third-order valence-electron chi connectivity index (χ3n) is 2.60. The van der Waals surface area contributed by atoms with Gasteiger partial charge in [-0.15, -0.1) is 11.8 Å². The molecule has 0 spiro atoms. The van der Waals surface area contributed by atoms with Gasteiger partial charge in [0.15, 0.2) is 0 Å². The largest absolute Gasteiger partial charge is 0.321 e. The summed E-state index contributed by atoms with van der Waals surface area (Å²) in [5, 5.41) is 2.99. The zero-order valence-corrected chi connectivity index (χ0v) is 14.1. The summed E-state index contributed by atoms with van der Waals surface area (Å²) in [7, 11) is 0. The maximum atomic E-state index is 14.1. The third kappa shape index (κ3) is 4.71. The molecule has 3 nitrogen and oxygen atoms in total. The summed E-state index contributed by atoms with van der Waals surface area (Å²) in [6.45, 7) is 6.02. The lowest BCUT2D eigenvalue weighted by Gasteiger charge is -2.18. The van der Waals surface area contributed by atoms with Crippen LogP contribution in [0.5, 0.6) is 0 Å². The van der Waals surface area contributed by atoms with E-state index in [2.05, 4.69) is 10.3 Å². The Hall–Kier alpha value is -1.59. The smallest absolute Gasteiger partial charge is 0.255 e. The second-order valence-corrected chi connectivity index (χ2v) is 7.94. The number of thioether (sulfide) groups is 1. The lowest BCUT2D eigenvalue weighted by Crippen LogP contribution is -2.13. The molecule has 0 bridgehead atoms. The monoisotopic (exact) mass is 338 g/mol. The molecule has 0 aliphatic rings. The Balaban J connectivity index is 2.13. The molecule has 0 radical (unpaired) electrons. The number of nitrogens with zero attached hydrogens (tertiary/aromatic N) is 1. The number of carbonyl (C=O) groups is 1. The number of benzene rings is 1. The number of nitrogens with one attached hydrogen (secondary N) is 1. The van der Waals surface area contributed by atoms with Crippen LogP contribution in [0.1, 0.15) is 31.1 Å². The summed E-state index contributed by atoms with van der Waals surface area (Å²) >= 11 is 7.10. The van der Waals surface area contributed by atoms with Gasteiger partial charge in [0.2, 0.25) is 0 Å². The second-order valence-electron chi connectivity index (χ2n) is 5.68. The van der Waals surface area contributed by atoms with Gasteiger partial charge in [-0.25, -0.2) is 9.37 Å². The zero-order valence-electron chi connectivity index (χ0n) is 12.5. The van der Waals surface area contributed by atoms with Gasteiger partial charge < -0.3 is 5.32 Å². The lowest BCUT2D eigenvalue weighted by molar-refractivity contribution is 0.102. The first-order chi connectivity index (χ1) is 10.2. The minimum atomic E-state index is -0.401. The fourth-order valence-electron chi connectivity index (χ4n) is 1.71. The third-order valence-corrected chi connectivity index (χ3v) is 3.98. The quantitative estimate of drug-likeness (QED) is 0.631. The van der Waals surface area contributed by atoms with E-state index in [0.29, 0.717) is 15.7 Å². The maximum absolute atomic E-state index is 14.1. The molecule has 0 unspecified atom stereocenters. The van der Waals surface area contributed by atoms with Crippen LogP contribution in [0, 0.1) is 5.82 Å². The highest BCUT2D eigenvalue weighted by Gasteiger charge is 2.16. The minimum Gasteiger partial charge on any atom is -0.321 e. The molecule has 1 N–H and O–H groups in total. The molecule has 0 saturated heterocycles. The SMILES string of the molecule is CC(C)(C)Sc1ccc(C(=O)Nc2ccc(Cl)nc2)cc1F. The number of amides is 1. The molecule has 116 valence electrons. The predicted octanol–water partition coefficient (Wildman–Crippen LogP) is 5.02. The number of hydrogen-bond acceptors (Lipinski definition) is 3. The van der Waals surface area contributed by atoms with Crippen molar-refractivity contribution >= 4 is 35.0 Å². The van der Waals surface area contributed by atoms with Crippen molar-refractivity contribution in [2.45, 2.75) is 30.4 Å². The number of anilines is 1. The normalized spacial score (nSPS) is 11.3. The Morgan fingerprint density at radius 2 is 2.00 bits per heavy atom. The first-order valence-electron chi connectivity index (χ1n) is 6.66. The van der Waals surface area contributed by atoms with E-state index in [1.807, 2.05) is 20.8 Å². The van der Waals surface area contributed by atoms with Crippen molar-refractivity contribution in [3.8, 4) is 0 Å². The average Bonchev–Trinajstić information content (AvgIpc) is 2.42. The predicted molar refractivity (Wildman–Crippen MR) is 89.2 cm³/mol. The highest BCUT2D eigenvalue weighted by atomic mass is 35.5. The van der Waals surface area contributed by atoms with Gasteiger partial charge in [-0.1, -0.05) is 32.4 Å². The Morgan fingerprint density at radius 1 is 1.27 bits per heavy atom. The van der Waals surface area contributed by atoms with Crippen molar-refractivity contribution in [3.05, 3.63) is 53.1 Å². The number of halogens is 2. The lowest BCUT2D eigenvalue weighted by atomic mass is 10.2. The van der Waals surface area contributed by atoms with Crippen molar-refractivity contribution in [1.29, 1.82) is 0 Å². The molecule has 0 saturated carbocycles. The molecule has 2 rings (SSSR count). The van der Waals surface area contributed by atoms with E-state index in [9.17, 15) is 9.18 Å². The summed E-state index contributed by atoms with van der Waals surface area (Å²) in [6, 6.07) is 7.68. The van der Waals surface area contributed by atoms with Crippen molar-refractivity contribution in [2.75, 3.05) is 5.32 Å². The highest BCUT2D eigenvalue weighted by Crippen LogP contribution is 2.33. The highest BCUT2D eigenvalue weighted by molar-refractivity contribution is 8.00. The maximum Gasteiger partial charge on any atom is 0.255 e. The average molecular weight is 339 g/mol. The van der Waals surface area contributed by atoms with E-state index in [-0.39, 0.29) is 10.3 Å². The van der Waals surface area contributed by atoms with Gasteiger partial charge in [0.25, 0.3) is 5.91 Å². The number of rotatable bonds is 3. The molecule has 0 aliphatic carbocycles. The molecule has 1 amide bonds. The number of hydrogen-bond donors (Lipinski definition) is 1. The van der Waals surface area contributed by atoms with Crippen LogP contribution in [0.15, 0.2) is 41.4 Å². The Morgan fingerprint density at radius 3 is 2.55 bits per heavy atom. The van der Waals surface area contributed by atoms with E-state index in [1.165, 1.54) is 24.0 Å². The van der Waals surface area contributed by atoms with Crippen molar-refractivity contribution in [2.24, 2.45) is 0 Å². The second kappa shape index (κ2) is 6.67. The van der Waals surface area contributed by atoms with Gasteiger partial charge >= 0.3 is 0 Å². The Kier molecular flexibility index (Phi) is 5.08. The van der Waals surface area contributed by atoms with Crippen molar-refractivity contribution in [3.63, 3.8) is 0 Å². The summed E-state index contributed by atoms with van der Waals surface area (Å²) in [5.41, 5.74) is 0.758. The fourth-order valence-corrected chi connectivity index (χ4v) is 2.77. The Bertz CT molecular complexity index is 684. The van der Waals surface area contributed by atoms with Gasteiger partial charge in [-0.05, 0) is 30.3 Å². The summed E-state index contributed by atoms with van der Waals surface area (Å²) in [5.74, 6) is -0.794. The van der Waals surface area contributed by atoms with Crippen LogP contribution in [-0.2, 0) is 0 Å². The van der Waals surface area contributed by atoms with Crippen LogP contribution in [0.4, 0.5) is 10.1 Å². The number of carbonyl (C=O) groups excluding carboxylic acids is 1.